The van der Waals surface area contributed by atoms with Gasteiger partial charge in [-0.1, -0.05) is 24.3 Å². The van der Waals surface area contributed by atoms with Crippen LogP contribution in [0.1, 0.15) is 24.0 Å². The smallest absolute Gasteiger partial charge is 0.162 e. The van der Waals surface area contributed by atoms with E-state index in [1.165, 1.54) is 11.1 Å². The Morgan fingerprint density at radius 1 is 1.41 bits per heavy atom. The number of nitrogens with one attached hydrogen (secondary N) is 1. The van der Waals surface area contributed by atoms with Crippen LogP contribution in [0.3, 0.4) is 0 Å². The Labute approximate surface area is 102 Å². The van der Waals surface area contributed by atoms with E-state index in [9.17, 15) is 0 Å². The van der Waals surface area contributed by atoms with Crippen molar-refractivity contribution in [1.29, 1.82) is 0 Å². The SMILES string of the molecule is CO[C@H]1Cc2ccccc2[C@@]2(CCCNC2)O1. The van der Waals surface area contributed by atoms with Crippen LogP contribution in [0, 0.1) is 0 Å². The fraction of sp³-hybridized carbons (Fsp3) is 0.571. The highest BCUT2D eigenvalue weighted by atomic mass is 16.7. The molecule has 0 aromatic heterocycles. The van der Waals surface area contributed by atoms with Crippen molar-refractivity contribution in [3.8, 4) is 0 Å². The Morgan fingerprint density at radius 3 is 3.06 bits per heavy atom. The molecule has 0 saturated carbocycles. The maximum absolute atomic E-state index is 6.21. The van der Waals surface area contributed by atoms with Gasteiger partial charge >= 0.3 is 0 Å². The normalized spacial score (nSPS) is 32.4. The van der Waals surface area contributed by atoms with Gasteiger partial charge in [0, 0.05) is 20.1 Å². The lowest BCUT2D eigenvalue weighted by Crippen LogP contribution is -2.50. The van der Waals surface area contributed by atoms with E-state index in [0.29, 0.717) is 0 Å². The summed E-state index contributed by atoms with van der Waals surface area (Å²) in [5, 5.41) is 3.45. The minimum atomic E-state index is -0.173. The zero-order valence-electron chi connectivity index (χ0n) is 10.2. The third-order valence-electron chi connectivity index (χ3n) is 3.86. The lowest BCUT2D eigenvalue weighted by molar-refractivity contribution is -0.218. The van der Waals surface area contributed by atoms with E-state index < -0.39 is 0 Å². The van der Waals surface area contributed by atoms with E-state index in [0.717, 1.165) is 32.4 Å². The summed E-state index contributed by atoms with van der Waals surface area (Å²) in [7, 11) is 1.72. The Morgan fingerprint density at radius 2 is 2.29 bits per heavy atom. The number of hydrogen-bond acceptors (Lipinski definition) is 3. The van der Waals surface area contributed by atoms with Gasteiger partial charge < -0.3 is 14.8 Å². The number of hydrogen-bond donors (Lipinski definition) is 1. The Hall–Kier alpha value is -0.900. The van der Waals surface area contributed by atoms with E-state index in [4.69, 9.17) is 9.47 Å². The third kappa shape index (κ3) is 1.88. The van der Waals surface area contributed by atoms with Gasteiger partial charge in [0.2, 0.25) is 0 Å². The summed E-state index contributed by atoms with van der Waals surface area (Å²) >= 11 is 0. The molecule has 0 radical (unpaired) electrons. The number of benzene rings is 1. The van der Waals surface area contributed by atoms with Crippen LogP contribution in [0.25, 0.3) is 0 Å². The molecule has 0 amide bonds. The predicted octanol–water partition coefficient (Wildman–Crippen LogP) is 1.81. The maximum atomic E-state index is 6.21. The summed E-state index contributed by atoms with van der Waals surface area (Å²) < 4.78 is 11.6. The quantitative estimate of drug-likeness (QED) is 0.802. The number of piperidine rings is 1. The van der Waals surface area contributed by atoms with E-state index in [-0.39, 0.29) is 11.9 Å². The van der Waals surface area contributed by atoms with E-state index in [1.807, 2.05) is 0 Å². The van der Waals surface area contributed by atoms with Crippen molar-refractivity contribution in [2.24, 2.45) is 0 Å². The largest absolute Gasteiger partial charge is 0.355 e. The summed E-state index contributed by atoms with van der Waals surface area (Å²) in [6.07, 6.45) is 2.99. The Kier molecular flexibility index (Phi) is 2.90. The molecular formula is C14H19NO2. The van der Waals surface area contributed by atoms with Crippen molar-refractivity contribution in [2.75, 3.05) is 20.2 Å². The third-order valence-corrected chi connectivity index (χ3v) is 3.86. The van der Waals surface area contributed by atoms with Gasteiger partial charge in [0.1, 0.15) is 5.60 Å². The summed E-state index contributed by atoms with van der Waals surface area (Å²) in [5.41, 5.74) is 2.54. The molecule has 0 bridgehead atoms. The molecule has 17 heavy (non-hydrogen) atoms. The molecule has 1 N–H and O–H groups in total. The minimum Gasteiger partial charge on any atom is -0.355 e. The molecule has 1 aromatic rings. The molecule has 3 rings (SSSR count). The molecule has 1 saturated heterocycles. The molecule has 2 atom stereocenters. The zero-order chi connectivity index (χ0) is 11.7. The maximum Gasteiger partial charge on any atom is 0.162 e. The van der Waals surface area contributed by atoms with Gasteiger partial charge in [-0.3, -0.25) is 0 Å². The topological polar surface area (TPSA) is 30.5 Å². The van der Waals surface area contributed by atoms with Gasteiger partial charge in [0.15, 0.2) is 6.29 Å². The number of rotatable bonds is 1. The zero-order valence-corrected chi connectivity index (χ0v) is 10.2. The Bertz CT molecular complexity index is 399. The van der Waals surface area contributed by atoms with Gasteiger partial charge in [-0.2, -0.15) is 0 Å². The van der Waals surface area contributed by atoms with Gasteiger partial charge in [-0.25, -0.2) is 0 Å². The number of fused-ring (bicyclic) bond motifs is 2. The monoisotopic (exact) mass is 233 g/mol. The van der Waals surface area contributed by atoms with Crippen LogP contribution in [0.15, 0.2) is 24.3 Å². The molecule has 3 heteroatoms. The van der Waals surface area contributed by atoms with Gasteiger partial charge in [0.05, 0.1) is 0 Å². The first-order valence-electron chi connectivity index (χ1n) is 6.34. The molecule has 0 aliphatic carbocycles. The average Bonchev–Trinajstić information content (AvgIpc) is 2.40. The second kappa shape index (κ2) is 4.41. The van der Waals surface area contributed by atoms with Crippen molar-refractivity contribution in [3.05, 3.63) is 35.4 Å². The summed E-state index contributed by atoms with van der Waals surface area (Å²) in [4.78, 5) is 0. The molecule has 2 aliphatic heterocycles. The van der Waals surface area contributed by atoms with Crippen LogP contribution in [0.5, 0.6) is 0 Å². The van der Waals surface area contributed by atoms with Crippen molar-refractivity contribution in [1.82, 2.24) is 5.32 Å². The van der Waals surface area contributed by atoms with E-state index >= 15 is 0 Å². The van der Waals surface area contributed by atoms with Gasteiger partial charge in [-0.05, 0) is 30.5 Å². The average molecular weight is 233 g/mol. The van der Waals surface area contributed by atoms with Crippen LogP contribution < -0.4 is 5.32 Å². The molecule has 0 unspecified atom stereocenters. The molecule has 2 heterocycles. The second-order valence-corrected chi connectivity index (χ2v) is 4.92. The van der Waals surface area contributed by atoms with Crippen LogP contribution in [0.2, 0.25) is 0 Å². The number of ether oxygens (including phenoxy) is 2. The second-order valence-electron chi connectivity index (χ2n) is 4.92. The van der Waals surface area contributed by atoms with Crippen LogP contribution in [-0.2, 0) is 21.5 Å². The molecule has 92 valence electrons. The highest BCUT2D eigenvalue weighted by Gasteiger charge is 2.42. The first-order valence-corrected chi connectivity index (χ1v) is 6.34. The Balaban J connectivity index is 2.02. The van der Waals surface area contributed by atoms with E-state index in [1.54, 1.807) is 7.11 Å². The fourth-order valence-corrected chi connectivity index (χ4v) is 3.02. The fourth-order valence-electron chi connectivity index (χ4n) is 3.02. The predicted molar refractivity (Wildman–Crippen MR) is 65.8 cm³/mol. The van der Waals surface area contributed by atoms with Crippen LogP contribution >= 0.6 is 0 Å². The first-order chi connectivity index (χ1) is 8.34. The highest BCUT2D eigenvalue weighted by molar-refractivity contribution is 5.35. The number of methoxy groups -OCH3 is 1. The van der Waals surface area contributed by atoms with E-state index in [2.05, 4.69) is 29.6 Å². The van der Waals surface area contributed by atoms with Crippen LogP contribution in [0.4, 0.5) is 0 Å². The molecule has 2 aliphatic rings. The van der Waals surface area contributed by atoms with Gasteiger partial charge in [0.25, 0.3) is 0 Å². The standard InChI is InChI=1S/C14H19NO2/c1-16-13-9-11-5-2-3-6-12(11)14(17-13)7-4-8-15-10-14/h2-3,5-6,13,15H,4,7-10H2,1H3/t13-,14+/m1/s1. The molecule has 1 fully saturated rings. The van der Waals surface area contributed by atoms with Crippen molar-refractivity contribution in [3.63, 3.8) is 0 Å². The van der Waals surface area contributed by atoms with Crippen molar-refractivity contribution < 1.29 is 9.47 Å². The summed E-state index contributed by atoms with van der Waals surface area (Å²) in [6, 6.07) is 8.60. The summed E-state index contributed by atoms with van der Waals surface area (Å²) in [6.45, 7) is 1.98. The lowest BCUT2D eigenvalue weighted by Gasteiger charge is -2.44. The van der Waals surface area contributed by atoms with Crippen molar-refractivity contribution in [2.45, 2.75) is 31.2 Å². The lowest BCUT2D eigenvalue weighted by atomic mass is 9.81. The van der Waals surface area contributed by atoms with Crippen molar-refractivity contribution >= 4 is 0 Å². The highest BCUT2D eigenvalue weighted by Crippen LogP contribution is 2.40. The van der Waals surface area contributed by atoms with Crippen LogP contribution in [-0.4, -0.2) is 26.5 Å². The van der Waals surface area contributed by atoms with Gasteiger partial charge in [-0.15, -0.1) is 0 Å². The molecule has 1 aromatic carbocycles. The molecule has 1 spiro atoms. The first kappa shape index (κ1) is 11.2. The molecular weight excluding hydrogens is 214 g/mol. The minimum absolute atomic E-state index is 0.107. The summed E-state index contributed by atoms with van der Waals surface area (Å²) in [5.74, 6) is 0. The molecule has 3 nitrogen and oxygen atoms in total.